The van der Waals surface area contributed by atoms with Gasteiger partial charge in [-0.05, 0) is 51.7 Å². The van der Waals surface area contributed by atoms with Crippen molar-refractivity contribution < 1.29 is 18.3 Å². The van der Waals surface area contributed by atoms with Gasteiger partial charge in [-0.2, -0.15) is 5.10 Å². The number of carbonyl (C=O) groups excluding carboxylic acids is 1. The summed E-state index contributed by atoms with van der Waals surface area (Å²) in [7, 11) is 1.93. The average Bonchev–Trinajstić information content (AvgIpc) is 3.18. The molecule has 1 fully saturated rings. The van der Waals surface area contributed by atoms with Gasteiger partial charge in [0.25, 0.3) is 0 Å². The van der Waals surface area contributed by atoms with Gasteiger partial charge in [-0.25, -0.2) is 28.2 Å². The summed E-state index contributed by atoms with van der Waals surface area (Å²) < 4.78 is 34.7. The average molecular weight is 459 g/mol. The van der Waals surface area contributed by atoms with Crippen LogP contribution in [0.2, 0.25) is 0 Å². The third kappa shape index (κ3) is 5.04. The number of piperidine rings is 1. The first-order valence-corrected chi connectivity index (χ1v) is 11.0. The number of likely N-dealkylation sites (tertiary alicyclic amines) is 1. The first-order valence-electron chi connectivity index (χ1n) is 11.0. The van der Waals surface area contributed by atoms with Crippen molar-refractivity contribution in [3.63, 3.8) is 0 Å². The largest absolute Gasteiger partial charge is 0.444 e. The second kappa shape index (κ2) is 8.92. The molecule has 0 radical (unpaired) electrons. The van der Waals surface area contributed by atoms with Crippen LogP contribution in [0.25, 0.3) is 16.7 Å². The van der Waals surface area contributed by atoms with Gasteiger partial charge in [-0.3, -0.25) is 0 Å². The van der Waals surface area contributed by atoms with Gasteiger partial charge in [0, 0.05) is 32.7 Å². The van der Waals surface area contributed by atoms with Crippen molar-refractivity contribution in [2.45, 2.75) is 39.2 Å². The molecule has 1 aromatic carbocycles. The van der Waals surface area contributed by atoms with Gasteiger partial charge >= 0.3 is 6.09 Å². The lowest BCUT2D eigenvalue weighted by molar-refractivity contribution is 0.0186. The Morgan fingerprint density at radius 3 is 2.64 bits per heavy atom. The first-order chi connectivity index (χ1) is 15.6. The number of anilines is 1. The number of hydrogen-bond acceptors (Lipinski definition) is 6. The maximum atomic E-state index is 14.3. The van der Waals surface area contributed by atoms with Crippen LogP contribution in [0.1, 0.15) is 33.6 Å². The second-order valence-electron chi connectivity index (χ2n) is 9.38. The maximum Gasteiger partial charge on any atom is 0.410 e. The Morgan fingerprint density at radius 2 is 1.94 bits per heavy atom. The quantitative estimate of drug-likeness (QED) is 0.584. The molecule has 33 heavy (non-hydrogen) atoms. The van der Waals surface area contributed by atoms with Crippen LogP contribution in [-0.2, 0) is 4.74 Å². The van der Waals surface area contributed by atoms with Crippen LogP contribution in [0.5, 0.6) is 0 Å². The minimum atomic E-state index is -0.591. The molecule has 0 aliphatic carbocycles. The lowest BCUT2D eigenvalue weighted by atomic mass is 9.96. The zero-order valence-electron chi connectivity index (χ0n) is 19.3. The van der Waals surface area contributed by atoms with Crippen LogP contribution in [0.15, 0.2) is 30.7 Å². The molecular weight excluding hydrogens is 430 g/mol. The number of halogens is 2. The molecule has 8 nitrogen and oxygen atoms in total. The molecule has 0 unspecified atom stereocenters. The van der Waals surface area contributed by atoms with Gasteiger partial charge in [0.15, 0.2) is 5.65 Å². The van der Waals surface area contributed by atoms with Gasteiger partial charge in [0.05, 0.1) is 11.6 Å². The van der Waals surface area contributed by atoms with Gasteiger partial charge in [-0.1, -0.05) is 0 Å². The Hall–Kier alpha value is -3.30. The van der Waals surface area contributed by atoms with E-state index < -0.39 is 17.2 Å². The van der Waals surface area contributed by atoms with E-state index in [0.29, 0.717) is 35.9 Å². The normalized spacial score (nSPS) is 15.2. The predicted octanol–water partition coefficient (Wildman–Crippen LogP) is 4.18. The molecule has 0 atom stereocenters. The zero-order chi connectivity index (χ0) is 23.8. The summed E-state index contributed by atoms with van der Waals surface area (Å²) in [6, 6.07) is 3.22. The third-order valence-electron chi connectivity index (χ3n) is 5.64. The van der Waals surface area contributed by atoms with Crippen molar-refractivity contribution in [3.05, 3.63) is 42.4 Å². The summed E-state index contributed by atoms with van der Waals surface area (Å²) in [5.41, 5.74) is -0.117. The summed E-state index contributed by atoms with van der Waals surface area (Å²) in [6.45, 7) is 7.60. The van der Waals surface area contributed by atoms with Crippen LogP contribution in [0.4, 0.5) is 19.4 Å². The molecule has 3 heterocycles. The van der Waals surface area contributed by atoms with Crippen molar-refractivity contribution in [1.82, 2.24) is 24.6 Å². The Kier molecular flexibility index (Phi) is 6.18. The second-order valence-corrected chi connectivity index (χ2v) is 9.38. The molecule has 1 aliphatic rings. The summed E-state index contributed by atoms with van der Waals surface area (Å²) in [5.74, 6) is -0.113. The topological polar surface area (TPSA) is 76.4 Å². The smallest absolute Gasteiger partial charge is 0.410 e. The van der Waals surface area contributed by atoms with E-state index in [0.717, 1.165) is 37.6 Å². The number of fused-ring (bicyclic) bond motifs is 1. The molecule has 0 N–H and O–H groups in total. The predicted molar refractivity (Wildman–Crippen MR) is 120 cm³/mol. The molecule has 0 spiro atoms. The van der Waals surface area contributed by atoms with E-state index in [1.54, 1.807) is 11.1 Å². The van der Waals surface area contributed by atoms with Crippen molar-refractivity contribution in [1.29, 1.82) is 0 Å². The van der Waals surface area contributed by atoms with E-state index in [4.69, 9.17) is 4.74 Å². The van der Waals surface area contributed by atoms with Crippen molar-refractivity contribution in [3.8, 4) is 5.69 Å². The van der Waals surface area contributed by atoms with Crippen molar-refractivity contribution in [2.75, 3.05) is 31.6 Å². The minimum Gasteiger partial charge on any atom is -0.444 e. The fourth-order valence-electron chi connectivity index (χ4n) is 4.06. The number of carbonyl (C=O) groups is 1. The number of nitrogens with zero attached hydrogens (tertiary/aromatic N) is 6. The van der Waals surface area contributed by atoms with E-state index >= 15 is 0 Å². The highest BCUT2D eigenvalue weighted by atomic mass is 19.1. The standard InChI is InChI=1S/C23H28F2N6O2/c1-23(2,3)33-22(32)30-9-7-15(8-10-30)13-29(4)20-17-12-28-31(21(17)27-14-26-20)19-11-16(24)5-6-18(19)25/h5-6,11-12,14-15H,7-10,13H2,1-4H3. The summed E-state index contributed by atoms with van der Waals surface area (Å²) >= 11 is 0. The van der Waals surface area contributed by atoms with Crippen LogP contribution in [-0.4, -0.2) is 63.0 Å². The summed E-state index contributed by atoms with van der Waals surface area (Å²) in [4.78, 5) is 24.7. The van der Waals surface area contributed by atoms with E-state index in [9.17, 15) is 13.6 Å². The number of benzene rings is 1. The Bertz CT molecular complexity index is 1150. The highest BCUT2D eigenvalue weighted by Gasteiger charge is 2.28. The van der Waals surface area contributed by atoms with Crippen LogP contribution in [0, 0.1) is 17.6 Å². The van der Waals surface area contributed by atoms with Crippen LogP contribution in [0.3, 0.4) is 0 Å². The lowest BCUT2D eigenvalue weighted by Gasteiger charge is -2.35. The molecule has 4 rings (SSSR count). The van der Waals surface area contributed by atoms with Gasteiger partial charge in [0.1, 0.15) is 35.1 Å². The summed E-state index contributed by atoms with van der Waals surface area (Å²) in [5, 5.41) is 4.89. The number of amides is 1. The molecule has 1 aliphatic heterocycles. The maximum absolute atomic E-state index is 14.3. The zero-order valence-corrected chi connectivity index (χ0v) is 19.3. The monoisotopic (exact) mass is 458 g/mol. The number of hydrogen-bond donors (Lipinski definition) is 0. The molecule has 10 heteroatoms. The molecule has 1 saturated heterocycles. The Balaban J connectivity index is 1.46. The summed E-state index contributed by atoms with van der Waals surface area (Å²) in [6.07, 6.45) is 4.39. The number of rotatable bonds is 4. The van der Waals surface area contributed by atoms with Gasteiger partial charge in [-0.15, -0.1) is 0 Å². The third-order valence-corrected chi connectivity index (χ3v) is 5.64. The molecule has 0 bridgehead atoms. The van der Waals surface area contributed by atoms with Crippen molar-refractivity contribution >= 4 is 22.9 Å². The molecule has 176 valence electrons. The Labute approximate surface area is 191 Å². The molecule has 1 amide bonds. The fraction of sp³-hybridized carbons (Fsp3) is 0.478. The first kappa shape index (κ1) is 22.9. The van der Waals surface area contributed by atoms with Crippen LogP contribution < -0.4 is 4.90 Å². The highest BCUT2D eigenvalue weighted by Crippen LogP contribution is 2.27. The van der Waals surface area contributed by atoms with E-state index in [1.165, 1.54) is 11.0 Å². The number of aromatic nitrogens is 4. The van der Waals surface area contributed by atoms with E-state index in [1.807, 2.05) is 32.7 Å². The van der Waals surface area contributed by atoms with Crippen LogP contribution >= 0.6 is 0 Å². The Morgan fingerprint density at radius 1 is 1.21 bits per heavy atom. The van der Waals surface area contributed by atoms with E-state index in [-0.39, 0.29) is 11.8 Å². The minimum absolute atomic E-state index is 0.00758. The van der Waals surface area contributed by atoms with Gasteiger partial charge < -0.3 is 14.5 Å². The lowest BCUT2D eigenvalue weighted by Crippen LogP contribution is -2.43. The highest BCUT2D eigenvalue weighted by molar-refractivity contribution is 5.87. The van der Waals surface area contributed by atoms with E-state index in [2.05, 4.69) is 15.1 Å². The molecule has 3 aromatic rings. The van der Waals surface area contributed by atoms with Gasteiger partial charge in [0.2, 0.25) is 0 Å². The molecule has 2 aromatic heterocycles. The van der Waals surface area contributed by atoms with Crippen molar-refractivity contribution in [2.24, 2.45) is 5.92 Å². The SMILES string of the molecule is CN(CC1CCN(C(=O)OC(C)(C)C)CC1)c1ncnc2c1cnn2-c1cc(F)ccc1F. The fourth-order valence-corrected chi connectivity index (χ4v) is 4.06. The molecule has 0 saturated carbocycles. The molecular formula is C23H28F2N6O2. The number of ether oxygens (including phenoxy) is 1.